The van der Waals surface area contributed by atoms with Gasteiger partial charge in [-0.05, 0) is 30.4 Å². The van der Waals surface area contributed by atoms with E-state index in [2.05, 4.69) is 5.32 Å². The minimum absolute atomic E-state index is 0.0684. The maximum atomic E-state index is 13.7. The molecule has 10 nitrogen and oxygen atoms in total. The third-order valence-electron chi connectivity index (χ3n) is 6.17. The molecule has 0 aliphatic carbocycles. The molecule has 0 aromatic heterocycles. The monoisotopic (exact) mass is 540 g/mol. The number of hydrogen-bond acceptors (Lipinski definition) is 8. The molecule has 210 valence electrons. The van der Waals surface area contributed by atoms with Crippen LogP contribution in [0.3, 0.4) is 0 Å². The summed E-state index contributed by atoms with van der Waals surface area (Å²) in [6.45, 7) is 5.48. The average Bonchev–Trinajstić information content (AvgIpc) is 3.31. The first-order valence-electron chi connectivity index (χ1n) is 13.1. The van der Waals surface area contributed by atoms with Crippen molar-refractivity contribution >= 4 is 23.9 Å². The highest BCUT2D eigenvalue weighted by Gasteiger charge is 2.43. The Morgan fingerprint density at radius 3 is 2.15 bits per heavy atom. The zero-order valence-corrected chi connectivity index (χ0v) is 22.5. The molecule has 2 amide bonds. The van der Waals surface area contributed by atoms with E-state index in [1.165, 1.54) is 4.90 Å². The van der Waals surface area contributed by atoms with E-state index >= 15 is 0 Å². The second-order valence-corrected chi connectivity index (χ2v) is 9.45. The molecule has 10 heteroatoms. The van der Waals surface area contributed by atoms with Gasteiger partial charge >= 0.3 is 18.0 Å². The van der Waals surface area contributed by atoms with Crippen LogP contribution in [0.2, 0.25) is 0 Å². The Balaban J connectivity index is 1.69. The van der Waals surface area contributed by atoms with Gasteiger partial charge in [-0.25, -0.2) is 4.79 Å². The molecule has 1 N–H and O–H groups in total. The van der Waals surface area contributed by atoms with Crippen LogP contribution in [-0.2, 0) is 46.4 Å². The molecule has 0 unspecified atom stereocenters. The van der Waals surface area contributed by atoms with Crippen molar-refractivity contribution in [3.05, 3.63) is 71.8 Å². The number of carbonyl (C=O) groups excluding carboxylic acids is 4. The number of alkyl carbamates (subject to hydrolysis) is 1. The van der Waals surface area contributed by atoms with Crippen LogP contribution in [0, 0.1) is 5.92 Å². The van der Waals surface area contributed by atoms with Gasteiger partial charge < -0.3 is 29.2 Å². The average molecular weight is 541 g/mol. The van der Waals surface area contributed by atoms with Crippen molar-refractivity contribution in [1.29, 1.82) is 0 Å². The lowest BCUT2D eigenvalue weighted by atomic mass is 10.00. The summed E-state index contributed by atoms with van der Waals surface area (Å²) in [6.07, 6.45) is -1.69. The zero-order chi connectivity index (χ0) is 28.2. The number of nitrogens with zero attached hydrogens (tertiary/aromatic N) is 1. The van der Waals surface area contributed by atoms with Gasteiger partial charge in [0.15, 0.2) is 0 Å². The Morgan fingerprint density at radius 1 is 0.923 bits per heavy atom. The lowest BCUT2D eigenvalue weighted by Crippen LogP contribution is -2.54. The molecule has 3 rings (SSSR count). The number of benzene rings is 2. The van der Waals surface area contributed by atoms with Crippen LogP contribution in [0.25, 0.3) is 0 Å². The number of esters is 2. The van der Waals surface area contributed by atoms with Crippen molar-refractivity contribution in [3.63, 3.8) is 0 Å². The largest absolute Gasteiger partial charge is 0.466 e. The fraction of sp³-hybridized carbons (Fsp3) is 0.448. The van der Waals surface area contributed by atoms with Crippen molar-refractivity contribution in [2.24, 2.45) is 5.92 Å². The van der Waals surface area contributed by atoms with Crippen LogP contribution < -0.4 is 5.32 Å². The van der Waals surface area contributed by atoms with Gasteiger partial charge in [-0.1, -0.05) is 74.5 Å². The first-order chi connectivity index (χ1) is 18.8. The summed E-state index contributed by atoms with van der Waals surface area (Å²) < 4.78 is 21.5. The highest BCUT2D eigenvalue weighted by molar-refractivity contribution is 5.86. The summed E-state index contributed by atoms with van der Waals surface area (Å²) in [5, 5.41) is 2.68. The molecule has 0 spiro atoms. The number of rotatable bonds is 12. The molecule has 3 atom stereocenters. The maximum absolute atomic E-state index is 13.7. The summed E-state index contributed by atoms with van der Waals surface area (Å²) in [4.78, 5) is 51.8. The van der Waals surface area contributed by atoms with Gasteiger partial charge in [0.2, 0.25) is 12.2 Å². The van der Waals surface area contributed by atoms with Crippen molar-refractivity contribution < 1.29 is 38.1 Å². The lowest BCUT2D eigenvalue weighted by molar-refractivity contribution is -0.173. The Morgan fingerprint density at radius 2 is 1.54 bits per heavy atom. The fourth-order valence-corrected chi connectivity index (χ4v) is 4.12. The summed E-state index contributed by atoms with van der Waals surface area (Å²) in [5.41, 5.74) is 1.73. The number of carbonyl (C=O) groups is 4. The molecule has 1 aliphatic rings. The van der Waals surface area contributed by atoms with Gasteiger partial charge in [0.05, 0.1) is 19.4 Å². The van der Waals surface area contributed by atoms with Gasteiger partial charge in [-0.2, -0.15) is 0 Å². The van der Waals surface area contributed by atoms with E-state index in [1.807, 2.05) is 74.5 Å². The third-order valence-corrected chi connectivity index (χ3v) is 6.17. The van der Waals surface area contributed by atoms with Crippen LogP contribution in [0.15, 0.2) is 60.7 Å². The number of nitrogens with one attached hydrogen (secondary N) is 1. The molecule has 0 saturated carbocycles. The molecular formula is C29H36N2O8. The molecular weight excluding hydrogens is 504 g/mol. The topological polar surface area (TPSA) is 120 Å². The van der Waals surface area contributed by atoms with E-state index in [4.69, 9.17) is 18.9 Å². The molecule has 1 saturated heterocycles. The summed E-state index contributed by atoms with van der Waals surface area (Å²) in [5.74, 6) is -1.77. The number of hydrogen-bond donors (Lipinski definition) is 1. The molecule has 1 fully saturated rings. The van der Waals surface area contributed by atoms with E-state index in [-0.39, 0.29) is 44.6 Å². The normalized spacial score (nSPS) is 17.4. The van der Waals surface area contributed by atoms with Crippen molar-refractivity contribution in [1.82, 2.24) is 10.2 Å². The Hall–Kier alpha value is -3.92. The molecule has 2 aromatic carbocycles. The molecule has 0 bridgehead atoms. The summed E-state index contributed by atoms with van der Waals surface area (Å²) in [6, 6.07) is 17.1. The highest BCUT2D eigenvalue weighted by atomic mass is 16.7. The fourth-order valence-electron chi connectivity index (χ4n) is 4.12. The Labute approximate surface area is 228 Å². The number of ether oxygens (including phenoxy) is 4. The first-order valence-corrected chi connectivity index (χ1v) is 13.1. The third kappa shape index (κ3) is 9.10. The maximum Gasteiger partial charge on any atom is 0.408 e. The molecule has 1 heterocycles. The predicted molar refractivity (Wildman–Crippen MR) is 141 cm³/mol. The minimum Gasteiger partial charge on any atom is -0.466 e. The van der Waals surface area contributed by atoms with E-state index < -0.39 is 36.4 Å². The second kappa shape index (κ2) is 14.9. The molecule has 1 aliphatic heterocycles. The van der Waals surface area contributed by atoms with E-state index in [9.17, 15) is 19.2 Å². The van der Waals surface area contributed by atoms with Gasteiger partial charge in [-0.3, -0.25) is 14.4 Å². The van der Waals surface area contributed by atoms with Crippen molar-refractivity contribution in [2.75, 3.05) is 13.3 Å². The molecule has 0 radical (unpaired) electrons. The van der Waals surface area contributed by atoms with Crippen molar-refractivity contribution in [3.8, 4) is 0 Å². The summed E-state index contributed by atoms with van der Waals surface area (Å²) >= 11 is 0. The van der Waals surface area contributed by atoms with E-state index in [0.29, 0.717) is 6.42 Å². The zero-order valence-electron chi connectivity index (χ0n) is 22.5. The number of amides is 2. The smallest absolute Gasteiger partial charge is 0.408 e. The van der Waals surface area contributed by atoms with Gasteiger partial charge in [0, 0.05) is 0 Å². The van der Waals surface area contributed by atoms with Crippen LogP contribution in [-0.4, -0.2) is 60.6 Å². The lowest BCUT2D eigenvalue weighted by Gasteiger charge is -2.30. The van der Waals surface area contributed by atoms with Gasteiger partial charge in [0.1, 0.15) is 25.4 Å². The quantitative estimate of drug-likeness (QED) is 0.320. The van der Waals surface area contributed by atoms with Crippen LogP contribution in [0.4, 0.5) is 4.79 Å². The molecule has 39 heavy (non-hydrogen) atoms. The van der Waals surface area contributed by atoms with Crippen LogP contribution in [0.1, 0.15) is 44.7 Å². The highest BCUT2D eigenvalue weighted by Crippen LogP contribution is 2.25. The summed E-state index contributed by atoms with van der Waals surface area (Å²) in [7, 11) is 0. The van der Waals surface area contributed by atoms with Crippen LogP contribution >= 0.6 is 0 Å². The van der Waals surface area contributed by atoms with Crippen molar-refractivity contribution in [2.45, 2.75) is 65.0 Å². The van der Waals surface area contributed by atoms with Gasteiger partial charge in [0.25, 0.3) is 0 Å². The SMILES string of the molecule is CCOC(=O)CCC(=O)O[C@@H]1OCN(C(=O)[C@@H](NC(=O)OCc2ccccc2)C(C)C)[C@H]1Cc1ccccc1. The first kappa shape index (κ1) is 29.6. The minimum atomic E-state index is -1.04. The second-order valence-electron chi connectivity index (χ2n) is 9.45. The predicted octanol–water partition coefficient (Wildman–Crippen LogP) is 3.58. The van der Waals surface area contributed by atoms with Gasteiger partial charge in [-0.15, -0.1) is 0 Å². The Bertz CT molecular complexity index is 1090. The van der Waals surface area contributed by atoms with E-state index in [1.54, 1.807) is 6.92 Å². The Kier molecular flexibility index (Phi) is 11.3. The van der Waals surface area contributed by atoms with Crippen LogP contribution in [0.5, 0.6) is 0 Å². The molecule has 2 aromatic rings. The van der Waals surface area contributed by atoms with E-state index in [0.717, 1.165) is 11.1 Å². The standard InChI is InChI=1S/C29H36N2O8/c1-4-36-24(32)15-16-25(33)39-28-23(17-21-11-7-5-8-12-21)31(19-38-28)27(34)26(20(2)3)30-29(35)37-18-22-13-9-6-10-14-22/h5-14,20,23,26,28H,4,15-19H2,1-3H3,(H,30,35)/t23-,26-,28-/m0/s1.